The van der Waals surface area contributed by atoms with Crippen LogP contribution in [0.1, 0.15) is 54.2 Å². The topological polar surface area (TPSA) is 54.3 Å². The van der Waals surface area contributed by atoms with Gasteiger partial charge in [-0.25, -0.2) is 0 Å². The number of nitrogens with one attached hydrogen (secondary N) is 1. The SMILES string of the molecule is Cc1ccc(CN2C(=O)c3cc4ccccc4n3CC2(C)C(=O)NC2CCCC2)cc1. The zero-order valence-corrected chi connectivity index (χ0v) is 18.2. The minimum absolute atomic E-state index is 0.0525. The van der Waals surface area contributed by atoms with Crippen LogP contribution in [-0.2, 0) is 17.9 Å². The average Bonchev–Trinajstić information content (AvgIpc) is 3.40. The lowest BCUT2D eigenvalue weighted by Gasteiger charge is -2.44. The van der Waals surface area contributed by atoms with Crippen LogP contribution in [0.4, 0.5) is 0 Å². The lowest BCUT2D eigenvalue weighted by molar-refractivity contribution is -0.133. The molecule has 2 aliphatic rings. The fraction of sp³-hybridized carbons (Fsp3) is 0.385. The summed E-state index contributed by atoms with van der Waals surface area (Å²) in [5, 5.41) is 4.29. The van der Waals surface area contributed by atoms with Crippen LogP contribution >= 0.6 is 0 Å². The van der Waals surface area contributed by atoms with Crippen LogP contribution in [0.15, 0.2) is 54.6 Å². The molecule has 1 atom stereocenters. The van der Waals surface area contributed by atoms with E-state index in [0.29, 0.717) is 18.8 Å². The predicted octanol–water partition coefficient (Wildman–Crippen LogP) is 4.42. The third-order valence-corrected chi connectivity index (χ3v) is 6.98. The average molecular weight is 416 g/mol. The highest BCUT2D eigenvalue weighted by molar-refractivity contribution is 6.03. The van der Waals surface area contributed by atoms with Crippen molar-refractivity contribution >= 4 is 22.7 Å². The third-order valence-electron chi connectivity index (χ3n) is 6.98. The Balaban J connectivity index is 1.56. The van der Waals surface area contributed by atoms with Gasteiger partial charge in [-0.2, -0.15) is 0 Å². The zero-order chi connectivity index (χ0) is 21.6. The fourth-order valence-electron chi connectivity index (χ4n) is 5.04. The molecule has 160 valence electrons. The number of fused-ring (bicyclic) bond motifs is 3. The van der Waals surface area contributed by atoms with E-state index in [1.807, 2.05) is 60.9 Å². The molecule has 1 aliphatic carbocycles. The first kappa shape index (κ1) is 19.9. The minimum Gasteiger partial charge on any atom is -0.351 e. The Morgan fingerprint density at radius 1 is 1.10 bits per heavy atom. The third kappa shape index (κ3) is 3.42. The number of carbonyl (C=O) groups is 2. The smallest absolute Gasteiger partial charge is 0.271 e. The number of benzene rings is 2. The van der Waals surface area contributed by atoms with Crippen molar-refractivity contribution in [2.45, 2.75) is 64.2 Å². The van der Waals surface area contributed by atoms with Crippen LogP contribution in [0.2, 0.25) is 0 Å². The first-order chi connectivity index (χ1) is 15.0. The molecule has 1 saturated carbocycles. The lowest BCUT2D eigenvalue weighted by Crippen LogP contribution is -2.64. The predicted molar refractivity (Wildman–Crippen MR) is 122 cm³/mol. The summed E-state index contributed by atoms with van der Waals surface area (Å²) in [5.74, 6) is -0.143. The van der Waals surface area contributed by atoms with E-state index in [9.17, 15) is 9.59 Å². The van der Waals surface area contributed by atoms with E-state index < -0.39 is 5.54 Å². The van der Waals surface area contributed by atoms with Crippen LogP contribution in [0.5, 0.6) is 0 Å². The molecule has 3 aromatic rings. The van der Waals surface area contributed by atoms with Gasteiger partial charge in [0.05, 0.1) is 6.54 Å². The molecule has 5 rings (SSSR count). The van der Waals surface area contributed by atoms with Gasteiger partial charge in [-0.05, 0) is 44.4 Å². The quantitative estimate of drug-likeness (QED) is 0.686. The summed E-state index contributed by atoms with van der Waals surface area (Å²) in [7, 11) is 0. The van der Waals surface area contributed by atoms with E-state index in [-0.39, 0.29) is 17.9 Å². The van der Waals surface area contributed by atoms with E-state index in [0.717, 1.165) is 42.1 Å². The van der Waals surface area contributed by atoms with Crippen molar-refractivity contribution in [3.05, 3.63) is 71.4 Å². The molecular weight excluding hydrogens is 386 g/mol. The maximum absolute atomic E-state index is 13.7. The normalized spacial score (nSPS) is 21.5. The number of hydrogen-bond acceptors (Lipinski definition) is 2. The molecule has 2 aromatic carbocycles. The van der Waals surface area contributed by atoms with E-state index in [4.69, 9.17) is 0 Å². The number of nitrogens with zero attached hydrogens (tertiary/aromatic N) is 2. The van der Waals surface area contributed by atoms with Gasteiger partial charge >= 0.3 is 0 Å². The molecule has 2 heterocycles. The fourth-order valence-corrected chi connectivity index (χ4v) is 5.04. The van der Waals surface area contributed by atoms with Crippen molar-refractivity contribution in [1.29, 1.82) is 0 Å². The highest BCUT2D eigenvalue weighted by Gasteiger charge is 2.48. The number of hydrogen-bond donors (Lipinski definition) is 1. The number of amides is 2. The molecule has 1 N–H and O–H groups in total. The summed E-state index contributed by atoms with van der Waals surface area (Å²) in [5.41, 5.74) is 2.90. The number of carbonyl (C=O) groups excluding carboxylic acids is 2. The Morgan fingerprint density at radius 2 is 1.81 bits per heavy atom. The van der Waals surface area contributed by atoms with E-state index in [2.05, 4.69) is 17.4 Å². The van der Waals surface area contributed by atoms with Crippen LogP contribution in [0.3, 0.4) is 0 Å². The minimum atomic E-state index is -0.959. The van der Waals surface area contributed by atoms with Crippen LogP contribution in [0, 0.1) is 6.92 Å². The summed E-state index contributed by atoms with van der Waals surface area (Å²) in [6.45, 7) is 4.83. The Kier molecular flexibility index (Phi) is 4.84. The van der Waals surface area contributed by atoms with Crippen molar-refractivity contribution in [3.63, 3.8) is 0 Å². The molecule has 0 saturated heterocycles. The summed E-state index contributed by atoms with van der Waals surface area (Å²) in [6.07, 6.45) is 4.34. The Morgan fingerprint density at radius 3 is 2.55 bits per heavy atom. The van der Waals surface area contributed by atoms with Crippen molar-refractivity contribution < 1.29 is 9.59 Å². The molecule has 1 unspecified atom stereocenters. The second-order valence-electron chi connectivity index (χ2n) is 9.28. The maximum atomic E-state index is 13.7. The highest BCUT2D eigenvalue weighted by atomic mass is 16.2. The molecule has 31 heavy (non-hydrogen) atoms. The highest BCUT2D eigenvalue weighted by Crippen LogP contribution is 2.34. The van der Waals surface area contributed by atoms with E-state index >= 15 is 0 Å². The molecule has 1 aromatic heterocycles. The zero-order valence-electron chi connectivity index (χ0n) is 18.2. The number of para-hydroxylation sites is 1. The van der Waals surface area contributed by atoms with Crippen molar-refractivity contribution in [3.8, 4) is 0 Å². The molecule has 5 heteroatoms. The summed E-state index contributed by atoms with van der Waals surface area (Å²) in [6, 6.07) is 18.4. The van der Waals surface area contributed by atoms with Gasteiger partial charge in [-0.3, -0.25) is 9.59 Å². The number of aromatic nitrogens is 1. The van der Waals surface area contributed by atoms with Crippen LogP contribution < -0.4 is 5.32 Å². The molecule has 0 radical (unpaired) electrons. The second kappa shape index (κ2) is 7.56. The summed E-state index contributed by atoms with van der Waals surface area (Å²) < 4.78 is 2.03. The van der Waals surface area contributed by atoms with Crippen LogP contribution in [-0.4, -0.2) is 32.9 Å². The maximum Gasteiger partial charge on any atom is 0.271 e. The van der Waals surface area contributed by atoms with Gasteiger partial charge in [0.25, 0.3) is 5.91 Å². The number of aryl methyl sites for hydroxylation is 1. The molecule has 1 fully saturated rings. The summed E-state index contributed by atoms with van der Waals surface area (Å²) >= 11 is 0. The largest absolute Gasteiger partial charge is 0.351 e. The standard InChI is InChI=1S/C26H29N3O2/c1-18-11-13-19(14-12-18)16-29-24(30)23-15-20-7-3-6-10-22(20)28(23)17-26(29,2)25(31)27-21-8-4-5-9-21/h3,6-7,10-15,21H,4-5,8-9,16-17H2,1-2H3,(H,27,31). The van der Waals surface area contributed by atoms with Gasteiger partial charge in [0.2, 0.25) is 5.91 Å². The monoisotopic (exact) mass is 415 g/mol. The van der Waals surface area contributed by atoms with Gasteiger partial charge in [-0.1, -0.05) is 60.9 Å². The number of rotatable bonds is 4. The van der Waals surface area contributed by atoms with Gasteiger partial charge < -0.3 is 14.8 Å². The van der Waals surface area contributed by atoms with Gasteiger partial charge in [0.1, 0.15) is 11.2 Å². The molecule has 0 spiro atoms. The lowest BCUT2D eigenvalue weighted by atomic mass is 9.93. The van der Waals surface area contributed by atoms with Gasteiger partial charge in [-0.15, -0.1) is 0 Å². The molecular formula is C26H29N3O2. The Bertz CT molecular complexity index is 1140. The van der Waals surface area contributed by atoms with E-state index in [1.165, 1.54) is 5.56 Å². The van der Waals surface area contributed by atoms with Crippen molar-refractivity contribution in [2.24, 2.45) is 0 Å². The Labute approximate surface area is 183 Å². The first-order valence-electron chi connectivity index (χ1n) is 11.2. The molecule has 2 amide bonds. The second-order valence-corrected chi connectivity index (χ2v) is 9.28. The van der Waals surface area contributed by atoms with E-state index in [1.54, 1.807) is 4.90 Å². The van der Waals surface area contributed by atoms with Crippen molar-refractivity contribution in [2.75, 3.05) is 0 Å². The van der Waals surface area contributed by atoms with Crippen molar-refractivity contribution in [1.82, 2.24) is 14.8 Å². The molecule has 0 bridgehead atoms. The van der Waals surface area contributed by atoms with Gasteiger partial charge in [0.15, 0.2) is 0 Å². The summed E-state index contributed by atoms with van der Waals surface area (Å²) in [4.78, 5) is 29.1. The molecule has 1 aliphatic heterocycles. The van der Waals surface area contributed by atoms with Gasteiger partial charge in [0, 0.05) is 23.5 Å². The van der Waals surface area contributed by atoms with Crippen LogP contribution in [0.25, 0.3) is 10.9 Å². The Hall–Kier alpha value is -3.08. The molecule has 5 nitrogen and oxygen atoms in total. The first-order valence-corrected chi connectivity index (χ1v) is 11.2.